The van der Waals surface area contributed by atoms with Gasteiger partial charge in [0.25, 0.3) is 0 Å². The molecule has 0 aliphatic carbocycles. The van der Waals surface area contributed by atoms with Gasteiger partial charge in [-0.05, 0) is 12.3 Å². The Balaban J connectivity index is 1.75. The van der Waals surface area contributed by atoms with Crippen molar-refractivity contribution in [3.05, 3.63) is 0 Å². The van der Waals surface area contributed by atoms with E-state index in [1.165, 1.54) is 0 Å². The first-order valence-corrected chi connectivity index (χ1v) is 4.91. The fraction of sp³-hybridized carbons (Fsp3) is 0.889. The highest BCUT2D eigenvalue weighted by atomic mass is 16.3. The van der Waals surface area contributed by atoms with Crippen LogP contribution in [-0.2, 0) is 4.79 Å². The van der Waals surface area contributed by atoms with Crippen LogP contribution < -0.4 is 5.32 Å². The Labute approximate surface area is 77.9 Å². The molecule has 2 atom stereocenters. The molecular weight excluding hydrogens is 168 g/mol. The molecule has 74 valence electrons. The largest absolute Gasteiger partial charge is 0.392 e. The molecule has 0 aromatic carbocycles. The second-order valence-corrected chi connectivity index (χ2v) is 4.08. The molecule has 0 aromatic heterocycles. The van der Waals surface area contributed by atoms with Gasteiger partial charge in [-0.3, -0.25) is 4.79 Å². The van der Waals surface area contributed by atoms with Crippen LogP contribution in [0.4, 0.5) is 0 Å². The molecule has 2 heterocycles. The summed E-state index contributed by atoms with van der Waals surface area (Å²) < 4.78 is 0. The van der Waals surface area contributed by atoms with Gasteiger partial charge in [0.05, 0.1) is 6.10 Å². The van der Waals surface area contributed by atoms with E-state index in [2.05, 4.69) is 10.2 Å². The van der Waals surface area contributed by atoms with Crippen molar-refractivity contribution in [1.82, 2.24) is 10.2 Å². The van der Waals surface area contributed by atoms with Crippen LogP contribution in [0, 0.1) is 5.92 Å². The molecule has 0 bridgehead atoms. The Morgan fingerprint density at radius 3 is 3.00 bits per heavy atom. The number of β-amino-alcohol motifs (C(OH)–C–C–N with tert-alkyl or cyclic N) is 1. The first-order valence-electron chi connectivity index (χ1n) is 4.91. The van der Waals surface area contributed by atoms with E-state index in [0.29, 0.717) is 12.3 Å². The van der Waals surface area contributed by atoms with Gasteiger partial charge in [0.15, 0.2) is 0 Å². The van der Waals surface area contributed by atoms with Gasteiger partial charge in [-0.25, -0.2) is 0 Å². The molecular formula is C9H16N2O2. The standard InChI is InChI=1S/C9H16N2O2/c12-8-1-2-11(6-8)5-7-3-9(13)10-4-7/h7-8,12H,1-6H2,(H,10,13)/t7-,8-/m0/s1. The summed E-state index contributed by atoms with van der Waals surface area (Å²) in [5.41, 5.74) is 0. The first kappa shape index (κ1) is 8.97. The number of nitrogens with one attached hydrogen (secondary N) is 1. The number of hydrogen-bond donors (Lipinski definition) is 2. The average Bonchev–Trinajstić information content (AvgIpc) is 2.62. The summed E-state index contributed by atoms with van der Waals surface area (Å²) in [5, 5.41) is 12.1. The SMILES string of the molecule is O=C1C[C@H](CN2CC[C@H](O)C2)CN1. The van der Waals surface area contributed by atoms with Crippen LogP contribution in [-0.4, -0.2) is 48.2 Å². The topological polar surface area (TPSA) is 52.6 Å². The quantitative estimate of drug-likeness (QED) is 0.590. The number of carbonyl (C=O) groups is 1. The predicted molar refractivity (Wildman–Crippen MR) is 48.2 cm³/mol. The number of aliphatic hydroxyl groups is 1. The van der Waals surface area contributed by atoms with Crippen molar-refractivity contribution in [2.45, 2.75) is 18.9 Å². The fourth-order valence-electron chi connectivity index (χ4n) is 2.14. The number of hydrogen-bond acceptors (Lipinski definition) is 3. The summed E-state index contributed by atoms with van der Waals surface area (Å²) in [5.74, 6) is 0.627. The highest BCUT2D eigenvalue weighted by Crippen LogP contribution is 2.15. The van der Waals surface area contributed by atoms with Crippen molar-refractivity contribution >= 4 is 5.91 Å². The van der Waals surface area contributed by atoms with Crippen LogP contribution in [0.1, 0.15) is 12.8 Å². The maximum Gasteiger partial charge on any atom is 0.220 e. The van der Waals surface area contributed by atoms with Crippen molar-refractivity contribution in [2.24, 2.45) is 5.92 Å². The highest BCUT2D eigenvalue weighted by Gasteiger charge is 2.27. The van der Waals surface area contributed by atoms with Crippen LogP contribution in [0.3, 0.4) is 0 Å². The Morgan fingerprint density at radius 1 is 1.62 bits per heavy atom. The Bertz CT molecular complexity index is 208. The van der Waals surface area contributed by atoms with E-state index in [9.17, 15) is 9.90 Å². The summed E-state index contributed by atoms with van der Waals surface area (Å²) in [6.07, 6.45) is 1.39. The molecule has 2 aliphatic heterocycles. The molecule has 2 aliphatic rings. The summed E-state index contributed by atoms with van der Waals surface area (Å²) in [6, 6.07) is 0. The van der Waals surface area contributed by atoms with Gasteiger partial charge in [0.2, 0.25) is 5.91 Å². The molecule has 2 rings (SSSR count). The fourth-order valence-corrected chi connectivity index (χ4v) is 2.14. The van der Waals surface area contributed by atoms with Crippen molar-refractivity contribution in [2.75, 3.05) is 26.2 Å². The molecule has 13 heavy (non-hydrogen) atoms. The number of rotatable bonds is 2. The third-order valence-electron chi connectivity index (χ3n) is 2.83. The van der Waals surface area contributed by atoms with Crippen LogP contribution in [0.5, 0.6) is 0 Å². The molecule has 2 N–H and O–H groups in total. The second kappa shape index (κ2) is 3.64. The first-order chi connectivity index (χ1) is 6.24. The van der Waals surface area contributed by atoms with E-state index in [0.717, 1.165) is 32.6 Å². The zero-order valence-electron chi connectivity index (χ0n) is 7.70. The van der Waals surface area contributed by atoms with Crippen molar-refractivity contribution in [3.63, 3.8) is 0 Å². The van der Waals surface area contributed by atoms with E-state index in [-0.39, 0.29) is 12.0 Å². The number of amides is 1. The van der Waals surface area contributed by atoms with Gasteiger partial charge in [-0.1, -0.05) is 0 Å². The zero-order chi connectivity index (χ0) is 9.26. The van der Waals surface area contributed by atoms with Gasteiger partial charge < -0.3 is 15.3 Å². The summed E-state index contributed by atoms with van der Waals surface area (Å²) in [6.45, 7) is 3.53. The van der Waals surface area contributed by atoms with Gasteiger partial charge in [-0.15, -0.1) is 0 Å². The lowest BCUT2D eigenvalue weighted by Gasteiger charge is -2.18. The Kier molecular flexibility index (Phi) is 2.51. The van der Waals surface area contributed by atoms with Crippen LogP contribution in [0.25, 0.3) is 0 Å². The summed E-state index contributed by atoms with van der Waals surface area (Å²) >= 11 is 0. The molecule has 1 amide bonds. The second-order valence-electron chi connectivity index (χ2n) is 4.08. The van der Waals surface area contributed by atoms with E-state index in [1.807, 2.05) is 0 Å². The highest BCUT2D eigenvalue weighted by molar-refractivity contribution is 5.78. The monoisotopic (exact) mass is 184 g/mol. The minimum Gasteiger partial charge on any atom is -0.392 e. The third kappa shape index (κ3) is 2.19. The molecule has 4 nitrogen and oxygen atoms in total. The lowest BCUT2D eigenvalue weighted by molar-refractivity contribution is -0.119. The minimum atomic E-state index is -0.148. The molecule has 2 fully saturated rings. The average molecular weight is 184 g/mol. The van der Waals surface area contributed by atoms with Crippen molar-refractivity contribution < 1.29 is 9.90 Å². The number of likely N-dealkylation sites (tertiary alicyclic amines) is 1. The summed E-state index contributed by atoms with van der Waals surface area (Å²) in [7, 11) is 0. The van der Waals surface area contributed by atoms with E-state index >= 15 is 0 Å². The van der Waals surface area contributed by atoms with Crippen LogP contribution >= 0.6 is 0 Å². The van der Waals surface area contributed by atoms with Gasteiger partial charge >= 0.3 is 0 Å². The van der Waals surface area contributed by atoms with E-state index in [4.69, 9.17) is 0 Å². The minimum absolute atomic E-state index is 0.148. The van der Waals surface area contributed by atoms with Crippen LogP contribution in [0.15, 0.2) is 0 Å². The zero-order valence-corrected chi connectivity index (χ0v) is 7.70. The number of nitrogens with zero attached hydrogens (tertiary/aromatic N) is 1. The van der Waals surface area contributed by atoms with Crippen molar-refractivity contribution in [3.8, 4) is 0 Å². The van der Waals surface area contributed by atoms with Crippen LogP contribution in [0.2, 0.25) is 0 Å². The number of carbonyl (C=O) groups excluding carboxylic acids is 1. The van der Waals surface area contributed by atoms with E-state index in [1.54, 1.807) is 0 Å². The van der Waals surface area contributed by atoms with E-state index < -0.39 is 0 Å². The normalized spacial score (nSPS) is 35.3. The Hall–Kier alpha value is -0.610. The van der Waals surface area contributed by atoms with Gasteiger partial charge in [-0.2, -0.15) is 0 Å². The molecule has 0 spiro atoms. The predicted octanol–water partition coefficient (Wildman–Crippen LogP) is -0.811. The van der Waals surface area contributed by atoms with Crippen molar-refractivity contribution in [1.29, 1.82) is 0 Å². The van der Waals surface area contributed by atoms with Gasteiger partial charge in [0, 0.05) is 32.6 Å². The molecule has 0 saturated carbocycles. The lowest BCUT2D eigenvalue weighted by atomic mass is 10.1. The lowest BCUT2D eigenvalue weighted by Crippen LogP contribution is -2.29. The van der Waals surface area contributed by atoms with Gasteiger partial charge in [0.1, 0.15) is 0 Å². The summed E-state index contributed by atoms with van der Waals surface area (Å²) in [4.78, 5) is 13.2. The molecule has 0 aromatic rings. The Morgan fingerprint density at radius 2 is 2.46 bits per heavy atom. The maximum absolute atomic E-state index is 10.9. The molecule has 0 unspecified atom stereocenters. The maximum atomic E-state index is 10.9. The smallest absolute Gasteiger partial charge is 0.220 e. The molecule has 0 radical (unpaired) electrons. The number of aliphatic hydroxyl groups excluding tert-OH is 1. The molecule has 4 heteroatoms. The molecule has 2 saturated heterocycles. The third-order valence-corrected chi connectivity index (χ3v) is 2.83.